The Kier molecular flexibility index (Phi) is 4.74. The summed E-state index contributed by atoms with van der Waals surface area (Å²) in [5.41, 5.74) is 4.70. The van der Waals surface area contributed by atoms with Gasteiger partial charge in [-0.25, -0.2) is 0 Å². The molecule has 1 aromatic carbocycles. The number of rotatable bonds is 5. The van der Waals surface area contributed by atoms with Crippen molar-refractivity contribution < 1.29 is 4.74 Å². The monoisotopic (exact) mass is 270 g/mol. The average molecular weight is 270 g/mol. The van der Waals surface area contributed by atoms with E-state index in [0.717, 1.165) is 18.0 Å². The van der Waals surface area contributed by atoms with Crippen LogP contribution in [0, 0.1) is 13.8 Å². The molecule has 0 aliphatic rings. The van der Waals surface area contributed by atoms with Crippen LogP contribution in [0.25, 0.3) is 0 Å². The van der Waals surface area contributed by atoms with Gasteiger partial charge in [-0.15, -0.1) is 0 Å². The first-order valence-corrected chi connectivity index (χ1v) is 6.96. The minimum atomic E-state index is 0.166. The van der Waals surface area contributed by atoms with E-state index in [0.29, 0.717) is 0 Å². The van der Waals surface area contributed by atoms with Crippen molar-refractivity contribution in [3.8, 4) is 5.75 Å². The number of methoxy groups -OCH3 is 1. The minimum Gasteiger partial charge on any atom is -0.497 e. The molecular weight excluding hydrogens is 248 g/mol. The van der Waals surface area contributed by atoms with E-state index in [-0.39, 0.29) is 6.04 Å². The highest BCUT2D eigenvalue weighted by Gasteiger charge is 2.15. The van der Waals surface area contributed by atoms with E-state index in [4.69, 9.17) is 4.74 Å². The molecule has 1 atom stereocenters. The van der Waals surface area contributed by atoms with Gasteiger partial charge in [0.15, 0.2) is 0 Å². The second kappa shape index (κ2) is 6.53. The van der Waals surface area contributed by atoms with Gasteiger partial charge in [-0.05, 0) is 55.3 Å². The molecule has 0 spiro atoms. The lowest BCUT2D eigenvalue weighted by Gasteiger charge is -2.21. The largest absolute Gasteiger partial charge is 0.497 e. The Morgan fingerprint density at radius 2 is 2.00 bits per heavy atom. The zero-order valence-electron chi connectivity index (χ0n) is 12.6. The molecule has 0 aliphatic heterocycles. The van der Waals surface area contributed by atoms with Crippen LogP contribution in [-0.2, 0) is 0 Å². The van der Waals surface area contributed by atoms with Crippen LogP contribution >= 0.6 is 0 Å². The first-order valence-electron chi connectivity index (χ1n) is 6.96. The zero-order chi connectivity index (χ0) is 14.5. The minimum absolute atomic E-state index is 0.166. The SMILES string of the molecule is CCNC(c1ccc(C)nc1)c1ccc(OC)cc1C. The summed E-state index contributed by atoms with van der Waals surface area (Å²) >= 11 is 0. The lowest BCUT2D eigenvalue weighted by molar-refractivity contribution is 0.414. The molecule has 3 heteroatoms. The smallest absolute Gasteiger partial charge is 0.119 e. The molecule has 2 rings (SSSR count). The molecule has 2 aromatic rings. The van der Waals surface area contributed by atoms with Crippen LogP contribution in [0.3, 0.4) is 0 Å². The van der Waals surface area contributed by atoms with Crippen LogP contribution in [0.5, 0.6) is 5.75 Å². The number of pyridine rings is 1. The van der Waals surface area contributed by atoms with Crippen molar-refractivity contribution in [3.05, 3.63) is 58.9 Å². The first kappa shape index (κ1) is 14.5. The van der Waals surface area contributed by atoms with Crippen LogP contribution in [0.2, 0.25) is 0 Å². The Bertz CT molecular complexity index is 564. The molecule has 0 radical (unpaired) electrons. The van der Waals surface area contributed by atoms with Gasteiger partial charge in [0, 0.05) is 11.9 Å². The lowest BCUT2D eigenvalue weighted by Crippen LogP contribution is -2.23. The quantitative estimate of drug-likeness (QED) is 0.904. The lowest BCUT2D eigenvalue weighted by atomic mass is 9.95. The molecule has 0 amide bonds. The maximum atomic E-state index is 5.28. The summed E-state index contributed by atoms with van der Waals surface area (Å²) in [4.78, 5) is 4.41. The maximum absolute atomic E-state index is 5.28. The van der Waals surface area contributed by atoms with Gasteiger partial charge in [0.05, 0.1) is 13.2 Å². The van der Waals surface area contributed by atoms with Gasteiger partial charge in [-0.2, -0.15) is 0 Å². The normalized spacial score (nSPS) is 12.2. The molecule has 1 aromatic heterocycles. The predicted octanol–water partition coefficient (Wildman–Crippen LogP) is 3.41. The fourth-order valence-corrected chi connectivity index (χ4v) is 2.36. The number of ether oxygens (including phenoxy) is 1. The van der Waals surface area contributed by atoms with Crippen LogP contribution in [0.15, 0.2) is 36.5 Å². The number of nitrogens with zero attached hydrogens (tertiary/aromatic N) is 1. The second-order valence-electron chi connectivity index (χ2n) is 4.95. The van der Waals surface area contributed by atoms with Crippen LogP contribution in [-0.4, -0.2) is 18.6 Å². The summed E-state index contributed by atoms with van der Waals surface area (Å²) in [6.45, 7) is 7.14. The van der Waals surface area contributed by atoms with Crippen molar-refractivity contribution in [2.75, 3.05) is 13.7 Å². The van der Waals surface area contributed by atoms with E-state index in [1.54, 1.807) is 7.11 Å². The third-order valence-electron chi connectivity index (χ3n) is 3.46. The number of aromatic nitrogens is 1. The molecule has 1 unspecified atom stereocenters. The summed E-state index contributed by atoms with van der Waals surface area (Å²) in [7, 11) is 1.69. The molecule has 1 heterocycles. The van der Waals surface area contributed by atoms with Crippen LogP contribution in [0.1, 0.15) is 35.3 Å². The highest BCUT2D eigenvalue weighted by atomic mass is 16.5. The molecule has 0 bridgehead atoms. The van der Waals surface area contributed by atoms with Crippen molar-refractivity contribution in [1.82, 2.24) is 10.3 Å². The molecule has 1 N–H and O–H groups in total. The highest BCUT2D eigenvalue weighted by molar-refractivity contribution is 5.40. The third kappa shape index (κ3) is 3.17. The molecule has 3 nitrogen and oxygen atoms in total. The molecule has 106 valence electrons. The summed E-state index contributed by atoms with van der Waals surface area (Å²) in [5.74, 6) is 0.892. The first-order chi connectivity index (χ1) is 9.65. The summed E-state index contributed by atoms with van der Waals surface area (Å²) in [6, 6.07) is 10.6. The molecule has 0 saturated heterocycles. The van der Waals surface area contributed by atoms with Gasteiger partial charge in [0.25, 0.3) is 0 Å². The maximum Gasteiger partial charge on any atom is 0.119 e. The number of benzene rings is 1. The Balaban J connectivity index is 2.40. The Labute approximate surface area is 121 Å². The Morgan fingerprint density at radius 1 is 1.20 bits per heavy atom. The third-order valence-corrected chi connectivity index (χ3v) is 3.46. The van der Waals surface area contributed by atoms with E-state index in [2.05, 4.69) is 48.4 Å². The van der Waals surface area contributed by atoms with E-state index in [9.17, 15) is 0 Å². The molecule has 20 heavy (non-hydrogen) atoms. The molecule has 0 aliphatic carbocycles. The second-order valence-corrected chi connectivity index (χ2v) is 4.95. The number of hydrogen-bond acceptors (Lipinski definition) is 3. The predicted molar refractivity (Wildman–Crippen MR) is 82.2 cm³/mol. The van der Waals surface area contributed by atoms with E-state index < -0.39 is 0 Å². The number of nitrogens with one attached hydrogen (secondary N) is 1. The van der Waals surface area contributed by atoms with Crippen LogP contribution in [0.4, 0.5) is 0 Å². The van der Waals surface area contributed by atoms with Crippen LogP contribution < -0.4 is 10.1 Å². The summed E-state index contributed by atoms with van der Waals surface area (Å²) in [6.07, 6.45) is 1.95. The molecule has 0 fully saturated rings. The Hall–Kier alpha value is -1.87. The van der Waals surface area contributed by atoms with Gasteiger partial charge >= 0.3 is 0 Å². The van der Waals surface area contributed by atoms with Gasteiger partial charge in [-0.3, -0.25) is 4.98 Å². The van der Waals surface area contributed by atoms with Crippen molar-refractivity contribution >= 4 is 0 Å². The van der Waals surface area contributed by atoms with E-state index >= 15 is 0 Å². The van der Waals surface area contributed by atoms with Gasteiger partial charge in [-0.1, -0.05) is 19.1 Å². The van der Waals surface area contributed by atoms with Gasteiger partial charge in [0.1, 0.15) is 5.75 Å². The van der Waals surface area contributed by atoms with Crippen molar-refractivity contribution in [2.45, 2.75) is 26.8 Å². The van der Waals surface area contributed by atoms with Gasteiger partial charge < -0.3 is 10.1 Å². The summed E-state index contributed by atoms with van der Waals surface area (Å²) in [5, 5.41) is 3.53. The van der Waals surface area contributed by atoms with E-state index in [1.807, 2.05) is 19.2 Å². The number of aryl methyl sites for hydroxylation is 2. The number of hydrogen-bond donors (Lipinski definition) is 1. The topological polar surface area (TPSA) is 34.2 Å². The fraction of sp³-hybridized carbons (Fsp3) is 0.353. The van der Waals surface area contributed by atoms with Gasteiger partial charge in [0.2, 0.25) is 0 Å². The standard InChI is InChI=1S/C17H22N2O/c1-5-18-17(14-7-6-13(3)19-11-14)16-9-8-15(20-4)10-12(16)2/h6-11,17-18H,5H2,1-4H3. The summed E-state index contributed by atoms with van der Waals surface area (Å²) < 4.78 is 5.28. The highest BCUT2D eigenvalue weighted by Crippen LogP contribution is 2.27. The average Bonchev–Trinajstić information content (AvgIpc) is 2.46. The fourth-order valence-electron chi connectivity index (χ4n) is 2.36. The molecular formula is C17H22N2O. The van der Waals surface area contributed by atoms with Crippen molar-refractivity contribution in [1.29, 1.82) is 0 Å². The van der Waals surface area contributed by atoms with E-state index in [1.165, 1.54) is 16.7 Å². The van der Waals surface area contributed by atoms with Crippen molar-refractivity contribution in [2.24, 2.45) is 0 Å². The molecule has 0 saturated carbocycles. The zero-order valence-corrected chi connectivity index (χ0v) is 12.6. The Morgan fingerprint density at radius 3 is 2.55 bits per heavy atom. The van der Waals surface area contributed by atoms with Crippen molar-refractivity contribution in [3.63, 3.8) is 0 Å².